The lowest BCUT2D eigenvalue weighted by Gasteiger charge is -2.22. The minimum absolute atomic E-state index is 0.0372. The van der Waals surface area contributed by atoms with Gasteiger partial charge in [-0.3, -0.25) is 4.79 Å². The highest BCUT2D eigenvalue weighted by molar-refractivity contribution is 6.30. The molecule has 0 saturated carbocycles. The van der Waals surface area contributed by atoms with Crippen molar-refractivity contribution >= 4 is 17.4 Å². The van der Waals surface area contributed by atoms with E-state index in [0.717, 1.165) is 6.54 Å². The summed E-state index contributed by atoms with van der Waals surface area (Å²) in [5.74, 6) is -0.430. The molecule has 1 fully saturated rings. The second-order valence-electron chi connectivity index (χ2n) is 4.35. The molecule has 98 valence electrons. The average molecular weight is 272 g/mol. The van der Waals surface area contributed by atoms with Crippen molar-refractivity contribution in [1.29, 1.82) is 0 Å². The third-order valence-electron chi connectivity index (χ3n) is 2.86. The van der Waals surface area contributed by atoms with Gasteiger partial charge in [0.25, 0.3) is 0 Å². The Labute approximate surface area is 110 Å². The topological polar surface area (TPSA) is 38.3 Å². The number of rotatable bonds is 4. The van der Waals surface area contributed by atoms with Gasteiger partial charge >= 0.3 is 0 Å². The van der Waals surface area contributed by atoms with Crippen LogP contribution in [0.15, 0.2) is 18.2 Å². The first-order valence-electron chi connectivity index (χ1n) is 5.93. The average Bonchev–Trinajstić information content (AvgIpc) is 2.35. The highest BCUT2D eigenvalue weighted by Gasteiger charge is 2.18. The van der Waals surface area contributed by atoms with E-state index in [9.17, 15) is 9.18 Å². The summed E-state index contributed by atoms with van der Waals surface area (Å²) in [4.78, 5) is 11.8. The molecule has 1 heterocycles. The first-order valence-corrected chi connectivity index (χ1v) is 6.31. The Morgan fingerprint density at radius 2 is 2.39 bits per heavy atom. The van der Waals surface area contributed by atoms with E-state index in [-0.39, 0.29) is 18.3 Å². The van der Waals surface area contributed by atoms with Crippen molar-refractivity contribution in [3.8, 4) is 0 Å². The smallest absolute Gasteiger partial charge is 0.140 e. The number of benzene rings is 1. The van der Waals surface area contributed by atoms with Crippen molar-refractivity contribution in [2.75, 3.05) is 19.7 Å². The largest absolute Gasteiger partial charge is 0.375 e. The molecule has 0 spiro atoms. The minimum Gasteiger partial charge on any atom is -0.375 e. The van der Waals surface area contributed by atoms with Crippen LogP contribution in [0, 0.1) is 5.82 Å². The Balaban J connectivity index is 1.92. The van der Waals surface area contributed by atoms with Crippen LogP contribution in [0.5, 0.6) is 0 Å². The fraction of sp³-hybridized carbons (Fsp3) is 0.462. The van der Waals surface area contributed by atoms with Crippen LogP contribution in [0.3, 0.4) is 0 Å². The minimum atomic E-state index is -0.393. The van der Waals surface area contributed by atoms with Crippen molar-refractivity contribution in [2.24, 2.45) is 0 Å². The van der Waals surface area contributed by atoms with Gasteiger partial charge in [0.05, 0.1) is 12.7 Å². The van der Waals surface area contributed by atoms with Gasteiger partial charge in [-0.15, -0.1) is 0 Å². The zero-order valence-corrected chi connectivity index (χ0v) is 10.7. The fourth-order valence-corrected chi connectivity index (χ4v) is 2.16. The Bertz CT molecular complexity index is 433. The molecule has 1 N–H and O–H groups in total. The molecule has 0 aliphatic carbocycles. The van der Waals surface area contributed by atoms with Crippen LogP contribution < -0.4 is 5.32 Å². The summed E-state index contributed by atoms with van der Waals surface area (Å²) >= 11 is 5.78. The van der Waals surface area contributed by atoms with E-state index in [1.807, 2.05) is 0 Å². The maximum absolute atomic E-state index is 13.5. The van der Waals surface area contributed by atoms with Crippen LogP contribution >= 0.6 is 11.6 Å². The highest BCUT2D eigenvalue weighted by Crippen LogP contribution is 2.16. The lowest BCUT2D eigenvalue weighted by atomic mass is 10.0. The van der Waals surface area contributed by atoms with Gasteiger partial charge in [0, 0.05) is 31.0 Å². The van der Waals surface area contributed by atoms with Crippen LogP contribution in [-0.4, -0.2) is 31.6 Å². The number of ketones is 1. The van der Waals surface area contributed by atoms with Crippen LogP contribution in [0.1, 0.15) is 12.0 Å². The summed E-state index contributed by atoms with van der Waals surface area (Å²) in [6.07, 6.45) is 0.263. The van der Waals surface area contributed by atoms with Gasteiger partial charge in [0.2, 0.25) is 0 Å². The number of ether oxygens (including phenoxy) is 1. The van der Waals surface area contributed by atoms with Gasteiger partial charge in [0.15, 0.2) is 0 Å². The van der Waals surface area contributed by atoms with Gasteiger partial charge in [0.1, 0.15) is 11.6 Å². The monoisotopic (exact) mass is 271 g/mol. The highest BCUT2D eigenvalue weighted by atomic mass is 35.5. The third kappa shape index (κ3) is 3.77. The van der Waals surface area contributed by atoms with Crippen LogP contribution in [0.4, 0.5) is 4.39 Å². The number of hydrogen-bond acceptors (Lipinski definition) is 3. The number of hydrogen-bond donors (Lipinski definition) is 1. The van der Waals surface area contributed by atoms with Crippen molar-refractivity contribution in [1.82, 2.24) is 5.32 Å². The molecule has 5 heteroatoms. The predicted molar refractivity (Wildman–Crippen MR) is 67.3 cm³/mol. The molecule has 0 bridgehead atoms. The standard InChI is InChI=1S/C13H15ClFNO2/c14-10-1-2-13(15)9(5-10)6-11(17)7-12-8-16-3-4-18-12/h1-2,5,12,16H,3-4,6-8H2. The van der Waals surface area contributed by atoms with E-state index in [1.165, 1.54) is 18.2 Å². The SMILES string of the molecule is O=C(Cc1cc(Cl)ccc1F)CC1CNCCO1. The number of carbonyl (C=O) groups excluding carboxylic acids is 1. The molecule has 2 rings (SSSR count). The molecule has 1 aliphatic rings. The van der Waals surface area contributed by atoms with E-state index in [0.29, 0.717) is 30.2 Å². The summed E-state index contributed by atoms with van der Waals surface area (Å²) in [7, 11) is 0. The molecule has 0 aromatic heterocycles. The van der Waals surface area contributed by atoms with Gasteiger partial charge in [-0.1, -0.05) is 11.6 Å². The molecule has 0 radical (unpaired) electrons. The van der Waals surface area contributed by atoms with Gasteiger partial charge in [-0.05, 0) is 23.8 Å². The summed E-state index contributed by atoms with van der Waals surface area (Å²) < 4.78 is 18.9. The predicted octanol–water partition coefficient (Wildman–Crippen LogP) is 1.97. The van der Waals surface area contributed by atoms with Gasteiger partial charge in [-0.25, -0.2) is 4.39 Å². The molecule has 0 amide bonds. The molecule has 1 aromatic rings. The zero-order chi connectivity index (χ0) is 13.0. The number of Topliss-reactive ketones (excluding diaryl/α,β-unsaturated/α-hetero) is 1. The fourth-order valence-electron chi connectivity index (χ4n) is 1.97. The molecule has 18 heavy (non-hydrogen) atoms. The molecule has 3 nitrogen and oxygen atoms in total. The molecule has 1 aliphatic heterocycles. The second-order valence-corrected chi connectivity index (χ2v) is 4.79. The van der Waals surface area contributed by atoms with E-state index < -0.39 is 5.82 Å². The zero-order valence-electron chi connectivity index (χ0n) is 9.92. The van der Waals surface area contributed by atoms with Crippen LogP contribution in [-0.2, 0) is 16.0 Å². The number of morpholine rings is 1. The summed E-state index contributed by atoms with van der Waals surface area (Å²) in [5.41, 5.74) is 0.344. The Morgan fingerprint density at radius 3 is 3.11 bits per heavy atom. The van der Waals surface area contributed by atoms with Crippen molar-refractivity contribution in [3.05, 3.63) is 34.6 Å². The van der Waals surface area contributed by atoms with Crippen LogP contribution in [0.25, 0.3) is 0 Å². The normalized spacial score (nSPS) is 19.8. The Kier molecular flexibility index (Phi) is 4.69. The molecule has 1 saturated heterocycles. The van der Waals surface area contributed by atoms with Gasteiger partial charge < -0.3 is 10.1 Å². The Hall–Kier alpha value is -0.970. The molecular weight excluding hydrogens is 257 g/mol. The van der Waals surface area contributed by atoms with E-state index in [1.54, 1.807) is 0 Å². The molecule has 1 atom stereocenters. The summed E-state index contributed by atoms with van der Waals surface area (Å²) in [5, 5.41) is 3.59. The number of carbonyl (C=O) groups is 1. The van der Waals surface area contributed by atoms with Crippen molar-refractivity contribution in [3.63, 3.8) is 0 Å². The van der Waals surface area contributed by atoms with Crippen LogP contribution in [0.2, 0.25) is 5.02 Å². The lowest BCUT2D eigenvalue weighted by Crippen LogP contribution is -2.39. The maximum Gasteiger partial charge on any atom is 0.140 e. The Morgan fingerprint density at radius 1 is 1.56 bits per heavy atom. The second kappa shape index (κ2) is 6.27. The van der Waals surface area contributed by atoms with Crippen molar-refractivity contribution in [2.45, 2.75) is 18.9 Å². The van der Waals surface area contributed by atoms with E-state index in [4.69, 9.17) is 16.3 Å². The molecule has 1 unspecified atom stereocenters. The molecule has 1 aromatic carbocycles. The van der Waals surface area contributed by atoms with E-state index in [2.05, 4.69) is 5.32 Å². The number of nitrogens with one attached hydrogen (secondary N) is 1. The maximum atomic E-state index is 13.5. The lowest BCUT2D eigenvalue weighted by molar-refractivity contribution is -0.121. The first kappa shape index (κ1) is 13.5. The quantitative estimate of drug-likeness (QED) is 0.910. The van der Waals surface area contributed by atoms with Gasteiger partial charge in [-0.2, -0.15) is 0 Å². The van der Waals surface area contributed by atoms with E-state index >= 15 is 0 Å². The van der Waals surface area contributed by atoms with Crippen molar-refractivity contribution < 1.29 is 13.9 Å². The molecular formula is C13H15ClFNO2. The summed E-state index contributed by atoms with van der Waals surface area (Å²) in [6, 6.07) is 4.25. The third-order valence-corrected chi connectivity index (χ3v) is 3.09. The first-order chi connectivity index (χ1) is 8.65. The summed E-state index contributed by atoms with van der Waals surface area (Å²) in [6.45, 7) is 2.10. The number of halogens is 2.